The van der Waals surface area contributed by atoms with Crippen LogP contribution in [0.25, 0.3) is 97.4 Å². The van der Waals surface area contributed by atoms with Gasteiger partial charge in [-0.1, -0.05) is 214 Å². The summed E-state index contributed by atoms with van der Waals surface area (Å²) in [4.78, 5) is 46.5. The molecule has 0 saturated carbocycles. The standard InChI is InChI=1S/2C13H18N2.3C12H17N3.C12H16N2.C12H15NO.C11H14N2O.C11H14N2S.C9H14N2/c2*1-9-6-11-10(8-14-9)7-12(15(11)5)13(2,3)4;3*1-12(2,3)10-5-8-7-14-11(13)6-9(8)15(10)4;2*1-8-5-10-9(7-13-8)6-11(14-10)12(2,3)4;2*1-11(2,3)9-4-7-6-13-10(12)5-8(7)14-9;1-9(2,3)7-5-4-6-11-8(7)10/h2*6-8H,1-5H3;3*5-7H,1-4H3,(H2,13,14);5-7,14H,1-4H3;5-7H,1-4H3;2*4-6H,1-3H3,(H2,12,13);4-6H,1-3H3,(H2,10,11). The Hall–Kier alpha value is -13.4. The molecule has 0 aliphatic rings. The molecule has 24 nitrogen and oxygen atoms in total. The van der Waals surface area contributed by atoms with Crippen LogP contribution in [0.1, 0.15) is 287 Å². The van der Waals surface area contributed by atoms with Crippen LogP contribution in [-0.2, 0) is 89.4 Å². The van der Waals surface area contributed by atoms with Crippen LogP contribution >= 0.6 is 11.3 Å². The van der Waals surface area contributed by atoms with Gasteiger partial charge in [-0.2, -0.15) is 0 Å². The lowest BCUT2D eigenvalue weighted by atomic mass is 9.87. The molecular weight excluding hydrogens is 1780 g/mol. The molecule has 0 aromatic carbocycles. The van der Waals surface area contributed by atoms with Gasteiger partial charge in [0.2, 0.25) is 0 Å². The number of aromatic nitrogens is 16. The van der Waals surface area contributed by atoms with Crippen LogP contribution < -0.4 is 34.4 Å². The van der Waals surface area contributed by atoms with E-state index in [1.165, 1.54) is 81.8 Å². The summed E-state index contributed by atoms with van der Waals surface area (Å²) in [5.41, 5.74) is 57.4. The summed E-state index contributed by atoms with van der Waals surface area (Å²) in [6, 6.07) is 41.2. The first-order chi connectivity index (χ1) is 65.3. The third-order valence-corrected chi connectivity index (χ3v) is 26.0. The van der Waals surface area contributed by atoms with E-state index >= 15 is 0 Å². The van der Waals surface area contributed by atoms with Crippen LogP contribution in [0.2, 0.25) is 0 Å². The van der Waals surface area contributed by atoms with Crippen molar-refractivity contribution < 1.29 is 8.83 Å². The average Bonchev–Trinajstić information content (AvgIpc) is 1.64. The van der Waals surface area contributed by atoms with Gasteiger partial charge in [-0.15, -0.1) is 11.3 Å². The SMILES string of the molecule is CC(C)(C)c1cc2cnc(N)cc2o1.CC(C)(C)c1cc2cnc(N)cc2s1.CC(C)(C)c1cccnc1N.Cc1cc2[nH]c(C(C)(C)C)cc2cn1.Cc1cc2c(cn1)cc(C(C)(C)C)n2C.Cc1cc2c(cn1)cc(C(C)(C)C)n2C.Cc1cc2oc(C(C)(C)C)cc2cn1.Cn1c(C(C)(C)C)cc2cnc(N)cc21.Cn1c(C(C)(C)C)cc2cnc(N)cc21.Cn1c(C(C)(C)C)cc2cnc(N)cc21. The summed E-state index contributed by atoms with van der Waals surface area (Å²) < 4.78 is 23.8. The van der Waals surface area contributed by atoms with Crippen LogP contribution in [0.4, 0.5) is 34.9 Å². The quantitative estimate of drug-likeness (QED) is 0.0741. The second-order valence-electron chi connectivity index (χ2n) is 47.7. The van der Waals surface area contributed by atoms with Crippen molar-refractivity contribution in [3.8, 4) is 0 Å². The minimum atomic E-state index is 0.0216. The van der Waals surface area contributed by atoms with E-state index in [1.807, 2.05) is 126 Å². The predicted octanol–water partition coefficient (Wildman–Crippen LogP) is 28.2. The maximum absolute atomic E-state index is 5.77. The van der Waals surface area contributed by atoms with Gasteiger partial charge >= 0.3 is 0 Å². The Morgan fingerprint density at radius 3 is 0.887 bits per heavy atom. The van der Waals surface area contributed by atoms with E-state index in [9.17, 15) is 0 Å². The highest BCUT2D eigenvalue weighted by Gasteiger charge is 2.28. The Kier molecular flexibility index (Phi) is 33.0. The highest BCUT2D eigenvalue weighted by molar-refractivity contribution is 7.19. The highest BCUT2D eigenvalue weighted by atomic mass is 32.1. The van der Waals surface area contributed by atoms with Crippen molar-refractivity contribution in [1.29, 1.82) is 0 Å². The lowest BCUT2D eigenvalue weighted by Gasteiger charge is -2.19. The van der Waals surface area contributed by atoms with E-state index in [0.717, 1.165) is 94.5 Å². The number of nitrogens with zero attached hydrogens (tertiary/aromatic N) is 15. The number of nitrogen functional groups attached to an aromatic ring is 6. The molecule has 19 rings (SSSR count). The third-order valence-electron chi connectivity index (χ3n) is 24.5. The predicted molar refractivity (Wildman–Crippen MR) is 604 cm³/mol. The van der Waals surface area contributed by atoms with Crippen molar-refractivity contribution in [2.24, 2.45) is 35.2 Å². The Morgan fingerprint density at radius 2 is 0.563 bits per heavy atom. The van der Waals surface area contributed by atoms with Crippen molar-refractivity contribution in [2.45, 2.75) is 290 Å². The molecule has 756 valence electrons. The zero-order valence-corrected chi connectivity index (χ0v) is 93.0. The number of furan rings is 2. The summed E-state index contributed by atoms with van der Waals surface area (Å²) >= 11 is 1.80. The van der Waals surface area contributed by atoms with E-state index in [4.69, 9.17) is 43.2 Å². The number of anilines is 6. The van der Waals surface area contributed by atoms with E-state index in [-0.39, 0.29) is 54.1 Å². The Bertz CT molecular complexity index is 6670. The fraction of sp³-hybridized carbons (Fsp3) is 0.419. The molecule has 19 aromatic rings. The van der Waals surface area contributed by atoms with Gasteiger partial charge in [-0.3, -0.25) is 19.9 Å². The molecule has 0 amide bonds. The molecule has 0 atom stereocenters. The molecule has 0 bridgehead atoms. The molecule has 0 unspecified atom stereocenters. The average molecular weight is 1940 g/mol. The first-order valence-corrected chi connectivity index (χ1v) is 49.5. The molecule has 0 fully saturated rings. The molecule has 13 N–H and O–H groups in total. The largest absolute Gasteiger partial charge is 0.460 e. The van der Waals surface area contributed by atoms with Gasteiger partial charge in [0.15, 0.2) is 0 Å². The number of hydrogen-bond donors (Lipinski definition) is 7. The van der Waals surface area contributed by atoms with Gasteiger partial charge < -0.3 is 71.1 Å². The van der Waals surface area contributed by atoms with Crippen LogP contribution in [-0.4, -0.2) is 77.7 Å². The lowest BCUT2D eigenvalue weighted by Crippen LogP contribution is -2.15. The molecule has 0 spiro atoms. The van der Waals surface area contributed by atoms with E-state index in [0.29, 0.717) is 34.9 Å². The van der Waals surface area contributed by atoms with Crippen molar-refractivity contribution in [2.75, 3.05) is 34.4 Å². The molecule has 0 aliphatic carbocycles. The third kappa shape index (κ3) is 28.1. The van der Waals surface area contributed by atoms with E-state index in [1.54, 1.807) is 29.8 Å². The summed E-state index contributed by atoms with van der Waals surface area (Å²) in [5, 5.41) is 10.4. The smallest absolute Gasteiger partial charge is 0.139 e. The number of nitrogens with one attached hydrogen (secondary N) is 1. The number of hydrogen-bond acceptors (Lipinski definition) is 19. The molecule has 142 heavy (non-hydrogen) atoms. The minimum absolute atomic E-state index is 0.0216. The van der Waals surface area contributed by atoms with Gasteiger partial charge in [-0.05, 0) is 129 Å². The van der Waals surface area contributed by atoms with Crippen LogP contribution in [0.15, 0.2) is 192 Å². The zero-order valence-electron chi connectivity index (χ0n) is 92.2. The number of thiophene rings is 1. The molecule has 19 heterocycles. The summed E-state index contributed by atoms with van der Waals surface area (Å²) in [7, 11) is 10.5. The number of aromatic amines is 1. The van der Waals surface area contributed by atoms with Crippen molar-refractivity contribution in [3.63, 3.8) is 0 Å². The molecule has 25 heteroatoms. The second-order valence-corrected chi connectivity index (χ2v) is 48.8. The van der Waals surface area contributed by atoms with Crippen molar-refractivity contribution in [1.82, 2.24) is 77.7 Å². The van der Waals surface area contributed by atoms with Gasteiger partial charge in [-0.25, -0.2) is 29.9 Å². The maximum atomic E-state index is 5.77. The van der Waals surface area contributed by atoms with Gasteiger partial charge in [0.25, 0.3) is 0 Å². The normalized spacial score (nSPS) is 12.2. The fourth-order valence-electron chi connectivity index (χ4n) is 16.6. The van der Waals surface area contributed by atoms with Crippen LogP contribution in [0.5, 0.6) is 0 Å². The van der Waals surface area contributed by atoms with E-state index < -0.39 is 0 Å². The highest BCUT2D eigenvalue weighted by Crippen LogP contribution is 2.39. The fourth-order valence-corrected chi connectivity index (χ4v) is 17.8. The first-order valence-electron chi connectivity index (χ1n) is 48.7. The number of nitrogens with two attached hydrogens (primary N) is 6. The van der Waals surface area contributed by atoms with Gasteiger partial charge in [0, 0.05) is 291 Å². The number of rotatable bonds is 0. The minimum Gasteiger partial charge on any atom is -0.460 e. The monoisotopic (exact) mass is 1940 g/mol. The molecule has 19 aromatic heterocycles. The van der Waals surface area contributed by atoms with Crippen LogP contribution in [0, 0.1) is 27.7 Å². The number of aryl methyl sites for hydroxylation is 9. The maximum Gasteiger partial charge on any atom is 0.139 e. The molecule has 0 radical (unpaired) electrons. The van der Waals surface area contributed by atoms with Crippen LogP contribution in [0.3, 0.4) is 0 Å². The number of pyridine rings is 10. The molecule has 0 aliphatic heterocycles. The summed E-state index contributed by atoms with van der Waals surface area (Å²) in [5.74, 6) is 5.42. The second kappa shape index (κ2) is 42.4. The lowest BCUT2D eigenvalue weighted by molar-refractivity contribution is 0.430. The number of fused-ring (bicyclic) bond motifs is 9. The number of H-pyrrole nitrogens is 1. The summed E-state index contributed by atoms with van der Waals surface area (Å²) in [6.07, 6.45) is 18.5. The topological polar surface area (TPSA) is 352 Å². The van der Waals surface area contributed by atoms with Gasteiger partial charge in [0.05, 0.1) is 27.6 Å². The zero-order chi connectivity index (χ0) is 106. The molecule has 0 saturated heterocycles. The van der Waals surface area contributed by atoms with Crippen molar-refractivity contribution >= 4 is 144 Å². The Labute approximate surface area is 846 Å². The summed E-state index contributed by atoms with van der Waals surface area (Å²) in [6.45, 7) is 73.7. The van der Waals surface area contributed by atoms with E-state index in [2.05, 4.69) is 387 Å². The first kappa shape index (κ1) is 111. The van der Waals surface area contributed by atoms with Crippen molar-refractivity contribution in [3.05, 3.63) is 262 Å². The molecular formula is C117H160N22O2S. The Balaban J connectivity index is 0.000000162. The van der Waals surface area contributed by atoms with Gasteiger partial charge in [0.1, 0.15) is 57.6 Å². The Morgan fingerprint density at radius 1 is 0.268 bits per heavy atom.